The quantitative estimate of drug-likeness (QED) is 0.431. The minimum Gasteiger partial charge on any atom is -0.392 e. The van der Waals surface area contributed by atoms with Gasteiger partial charge in [-0.15, -0.1) is 0 Å². The van der Waals surface area contributed by atoms with Gasteiger partial charge in [0.1, 0.15) is 0 Å². The third-order valence-electron chi connectivity index (χ3n) is 1.83. The Balaban J connectivity index is 2.46. The molecule has 1 fully saturated rings. The van der Waals surface area contributed by atoms with E-state index in [2.05, 4.69) is 0 Å². The van der Waals surface area contributed by atoms with Crippen LogP contribution in [0.15, 0.2) is 0 Å². The van der Waals surface area contributed by atoms with Gasteiger partial charge in [0.05, 0.1) is 6.10 Å². The van der Waals surface area contributed by atoms with E-state index in [1.165, 1.54) is 5.01 Å². The van der Waals surface area contributed by atoms with E-state index in [0.29, 0.717) is 19.6 Å². The minimum absolute atomic E-state index is 0.192. The van der Waals surface area contributed by atoms with E-state index in [1.807, 2.05) is 0 Å². The number of carbonyl (C=O) groups excluding carboxylic acids is 1. The number of urea groups is 1. The van der Waals surface area contributed by atoms with Crippen LogP contribution < -0.4 is 5.84 Å². The zero-order valence-corrected chi connectivity index (χ0v) is 7.23. The first-order chi connectivity index (χ1) is 5.61. The van der Waals surface area contributed by atoms with Crippen molar-refractivity contribution < 1.29 is 9.90 Å². The molecule has 1 rings (SSSR count). The van der Waals surface area contributed by atoms with Crippen molar-refractivity contribution in [3.05, 3.63) is 0 Å². The first-order valence-electron chi connectivity index (χ1n) is 4.10. The zero-order chi connectivity index (χ0) is 9.14. The summed E-state index contributed by atoms with van der Waals surface area (Å²) in [6.45, 7) is 3.32. The van der Waals surface area contributed by atoms with Gasteiger partial charge in [0.25, 0.3) is 0 Å². The van der Waals surface area contributed by atoms with Crippen LogP contribution in [0.4, 0.5) is 4.79 Å². The van der Waals surface area contributed by atoms with Crippen LogP contribution in [0.5, 0.6) is 0 Å². The third-order valence-corrected chi connectivity index (χ3v) is 1.83. The molecule has 0 bridgehead atoms. The van der Waals surface area contributed by atoms with E-state index < -0.39 is 6.10 Å². The molecule has 1 atom stereocenters. The number of amides is 2. The third kappa shape index (κ3) is 2.09. The average molecular weight is 173 g/mol. The van der Waals surface area contributed by atoms with Crippen LogP contribution in [0, 0.1) is 0 Å². The molecule has 1 saturated heterocycles. The molecule has 12 heavy (non-hydrogen) atoms. The predicted octanol–water partition coefficient (Wildman–Crippen LogP) is -0.631. The van der Waals surface area contributed by atoms with Crippen molar-refractivity contribution in [2.45, 2.75) is 19.4 Å². The minimum atomic E-state index is -0.486. The highest BCUT2D eigenvalue weighted by Gasteiger charge is 2.23. The van der Waals surface area contributed by atoms with Crippen LogP contribution in [0.2, 0.25) is 0 Å². The fourth-order valence-electron chi connectivity index (χ4n) is 1.29. The smallest absolute Gasteiger partial charge is 0.334 e. The Morgan fingerprint density at radius 3 is 2.92 bits per heavy atom. The Morgan fingerprint density at radius 2 is 2.33 bits per heavy atom. The number of hydrogen-bond acceptors (Lipinski definition) is 3. The van der Waals surface area contributed by atoms with E-state index in [-0.39, 0.29) is 6.03 Å². The van der Waals surface area contributed by atoms with Gasteiger partial charge in [-0.05, 0) is 13.3 Å². The van der Waals surface area contributed by atoms with Gasteiger partial charge in [-0.1, -0.05) is 0 Å². The van der Waals surface area contributed by atoms with Gasteiger partial charge in [-0.2, -0.15) is 0 Å². The van der Waals surface area contributed by atoms with E-state index in [0.717, 1.165) is 6.42 Å². The summed E-state index contributed by atoms with van der Waals surface area (Å²) >= 11 is 0. The summed E-state index contributed by atoms with van der Waals surface area (Å²) in [5.74, 6) is 5.40. The molecular formula is C7H15N3O2. The van der Waals surface area contributed by atoms with Gasteiger partial charge in [0.15, 0.2) is 0 Å². The maximum atomic E-state index is 11.3. The molecule has 3 N–H and O–H groups in total. The number of carbonyl (C=O) groups is 1. The van der Waals surface area contributed by atoms with Crippen molar-refractivity contribution in [1.29, 1.82) is 0 Å². The van der Waals surface area contributed by atoms with E-state index in [9.17, 15) is 4.79 Å². The molecule has 0 aliphatic carbocycles. The van der Waals surface area contributed by atoms with Gasteiger partial charge in [-0.3, -0.25) is 5.01 Å². The monoisotopic (exact) mass is 173 g/mol. The Bertz CT molecular complexity index is 172. The SMILES string of the molecule is CC(O)CN1CCCN(N)C1=O. The summed E-state index contributed by atoms with van der Waals surface area (Å²) in [7, 11) is 0. The number of aliphatic hydroxyl groups excluding tert-OH is 1. The molecule has 5 nitrogen and oxygen atoms in total. The lowest BCUT2D eigenvalue weighted by atomic mass is 10.3. The second kappa shape index (κ2) is 3.73. The van der Waals surface area contributed by atoms with Crippen LogP contribution in [0.3, 0.4) is 0 Å². The summed E-state index contributed by atoms with van der Waals surface area (Å²) in [6, 6.07) is -0.192. The van der Waals surface area contributed by atoms with Crippen molar-refractivity contribution in [2.24, 2.45) is 5.84 Å². The molecule has 5 heteroatoms. The summed E-state index contributed by atoms with van der Waals surface area (Å²) in [5.41, 5.74) is 0. The van der Waals surface area contributed by atoms with Crippen LogP contribution in [-0.2, 0) is 0 Å². The summed E-state index contributed by atoms with van der Waals surface area (Å²) in [4.78, 5) is 12.8. The van der Waals surface area contributed by atoms with Crippen molar-refractivity contribution in [3.63, 3.8) is 0 Å². The highest BCUT2D eigenvalue weighted by Crippen LogP contribution is 2.05. The van der Waals surface area contributed by atoms with Crippen LogP contribution in [-0.4, -0.2) is 46.8 Å². The largest absolute Gasteiger partial charge is 0.392 e. The molecule has 1 aliphatic heterocycles. The summed E-state index contributed by atoms with van der Waals surface area (Å²) < 4.78 is 0. The lowest BCUT2D eigenvalue weighted by Crippen LogP contribution is -2.53. The second-order valence-corrected chi connectivity index (χ2v) is 3.12. The van der Waals surface area contributed by atoms with E-state index in [4.69, 9.17) is 10.9 Å². The Kier molecular flexibility index (Phi) is 2.88. The van der Waals surface area contributed by atoms with Crippen molar-refractivity contribution in [1.82, 2.24) is 9.91 Å². The molecule has 0 spiro atoms. The van der Waals surface area contributed by atoms with Crippen molar-refractivity contribution in [3.8, 4) is 0 Å². The second-order valence-electron chi connectivity index (χ2n) is 3.12. The molecule has 0 saturated carbocycles. The maximum absolute atomic E-state index is 11.3. The van der Waals surface area contributed by atoms with E-state index >= 15 is 0 Å². The Hall–Kier alpha value is -0.810. The molecule has 1 unspecified atom stereocenters. The summed E-state index contributed by atoms with van der Waals surface area (Å²) in [6.07, 6.45) is 0.384. The first kappa shape index (κ1) is 9.28. The molecule has 0 radical (unpaired) electrons. The van der Waals surface area contributed by atoms with E-state index in [1.54, 1.807) is 11.8 Å². The highest BCUT2D eigenvalue weighted by molar-refractivity contribution is 5.74. The molecule has 1 heterocycles. The zero-order valence-electron chi connectivity index (χ0n) is 7.23. The first-order valence-corrected chi connectivity index (χ1v) is 4.10. The molecule has 0 aromatic rings. The molecule has 0 aromatic carbocycles. The standard InChI is InChI=1S/C7H15N3O2/c1-6(11)5-9-3-2-4-10(8)7(9)12/h6,11H,2-5,8H2,1H3. The summed E-state index contributed by atoms with van der Waals surface area (Å²) in [5, 5.41) is 10.2. The van der Waals surface area contributed by atoms with Gasteiger partial charge in [0.2, 0.25) is 0 Å². The van der Waals surface area contributed by atoms with Crippen molar-refractivity contribution in [2.75, 3.05) is 19.6 Å². The molecule has 1 aliphatic rings. The van der Waals surface area contributed by atoms with Crippen molar-refractivity contribution >= 4 is 6.03 Å². The Labute approximate surface area is 71.7 Å². The number of aliphatic hydroxyl groups is 1. The molecule has 2 amide bonds. The number of nitrogens with two attached hydrogens (primary N) is 1. The number of β-amino-alcohol motifs (C(OH)–C–C–N with tert-alkyl or cyclic N) is 1. The topological polar surface area (TPSA) is 69.8 Å². The van der Waals surface area contributed by atoms with Gasteiger partial charge in [0, 0.05) is 19.6 Å². The van der Waals surface area contributed by atoms with Crippen LogP contribution in [0.1, 0.15) is 13.3 Å². The van der Waals surface area contributed by atoms with Gasteiger partial charge >= 0.3 is 6.03 Å². The normalized spacial score (nSPS) is 21.4. The van der Waals surface area contributed by atoms with Gasteiger partial charge < -0.3 is 10.0 Å². The maximum Gasteiger partial charge on any atom is 0.334 e. The van der Waals surface area contributed by atoms with Crippen LogP contribution in [0.25, 0.3) is 0 Å². The number of hydrazine groups is 1. The number of hydrogen-bond donors (Lipinski definition) is 2. The molecule has 70 valence electrons. The Morgan fingerprint density at radius 1 is 1.67 bits per heavy atom. The van der Waals surface area contributed by atoms with Crippen LogP contribution >= 0.6 is 0 Å². The molecular weight excluding hydrogens is 158 g/mol. The predicted molar refractivity (Wildman–Crippen MR) is 44.2 cm³/mol. The average Bonchev–Trinajstić information content (AvgIpc) is 1.98. The number of nitrogens with zero attached hydrogens (tertiary/aromatic N) is 2. The fourth-order valence-corrected chi connectivity index (χ4v) is 1.29. The lowest BCUT2D eigenvalue weighted by Gasteiger charge is -2.33. The lowest BCUT2D eigenvalue weighted by molar-refractivity contribution is 0.0936. The molecule has 0 aromatic heterocycles. The number of rotatable bonds is 2. The van der Waals surface area contributed by atoms with Gasteiger partial charge in [-0.25, -0.2) is 10.6 Å². The highest BCUT2D eigenvalue weighted by atomic mass is 16.3. The fraction of sp³-hybridized carbons (Fsp3) is 0.857.